The number of methoxy groups -OCH3 is 1. The number of ether oxygens (including phenoxy) is 1. The lowest BCUT2D eigenvalue weighted by molar-refractivity contribution is -0.0706. The van der Waals surface area contributed by atoms with Crippen molar-refractivity contribution in [3.63, 3.8) is 0 Å². The molecule has 1 atom stereocenters. The zero-order valence-corrected chi connectivity index (χ0v) is 11.1. The predicted octanol–water partition coefficient (Wildman–Crippen LogP) is 2.78. The van der Waals surface area contributed by atoms with E-state index in [0.29, 0.717) is 5.56 Å². The summed E-state index contributed by atoms with van der Waals surface area (Å²) in [5.41, 5.74) is 1.91. The van der Waals surface area contributed by atoms with Gasteiger partial charge in [-0.05, 0) is 43.9 Å². The summed E-state index contributed by atoms with van der Waals surface area (Å²) < 4.78 is 5.59. The van der Waals surface area contributed by atoms with Crippen molar-refractivity contribution in [1.82, 2.24) is 5.32 Å². The average molecular weight is 244 g/mol. The minimum absolute atomic E-state index is 0.0428. The molecule has 3 heteroatoms. The molecule has 0 bridgehead atoms. The van der Waals surface area contributed by atoms with E-state index in [0.717, 1.165) is 24.9 Å². The first-order valence-corrected chi connectivity index (χ1v) is 6.48. The minimum atomic E-state index is 0.0428. The Hall–Kier alpha value is -1.37. The third kappa shape index (κ3) is 2.72. The first-order chi connectivity index (χ1) is 8.69. The molecule has 1 aromatic carbocycles. The molecule has 2 rings (SSSR count). The SMILES string of the molecule is COC1(CNC(C)c2cccc(C#N)c2)CCC1. The number of nitrogens with zero attached hydrogens (tertiary/aromatic N) is 1. The largest absolute Gasteiger partial charge is 0.377 e. The van der Waals surface area contributed by atoms with Crippen molar-refractivity contribution in [2.24, 2.45) is 0 Å². The van der Waals surface area contributed by atoms with Crippen LogP contribution in [0.3, 0.4) is 0 Å². The zero-order chi connectivity index (χ0) is 13.0. The Morgan fingerprint density at radius 2 is 2.28 bits per heavy atom. The van der Waals surface area contributed by atoms with Crippen LogP contribution in [0.25, 0.3) is 0 Å². The number of benzene rings is 1. The Bertz CT molecular complexity index is 441. The van der Waals surface area contributed by atoms with E-state index >= 15 is 0 Å². The summed E-state index contributed by atoms with van der Waals surface area (Å²) in [6.07, 6.45) is 3.54. The van der Waals surface area contributed by atoms with Gasteiger partial charge in [-0.3, -0.25) is 0 Å². The van der Waals surface area contributed by atoms with Gasteiger partial charge in [0.25, 0.3) is 0 Å². The maximum atomic E-state index is 8.90. The average Bonchev–Trinajstić information content (AvgIpc) is 2.38. The summed E-state index contributed by atoms with van der Waals surface area (Å²) in [6.45, 7) is 3.00. The van der Waals surface area contributed by atoms with Gasteiger partial charge in [-0.1, -0.05) is 12.1 Å². The maximum Gasteiger partial charge on any atom is 0.0991 e. The number of nitriles is 1. The van der Waals surface area contributed by atoms with Crippen LogP contribution in [0, 0.1) is 11.3 Å². The molecule has 1 aliphatic carbocycles. The van der Waals surface area contributed by atoms with Gasteiger partial charge in [-0.25, -0.2) is 0 Å². The van der Waals surface area contributed by atoms with Crippen molar-refractivity contribution < 1.29 is 4.74 Å². The lowest BCUT2D eigenvalue weighted by Gasteiger charge is -2.41. The van der Waals surface area contributed by atoms with Crippen LogP contribution in [-0.2, 0) is 4.74 Å². The molecule has 0 aromatic heterocycles. The second-order valence-corrected chi connectivity index (χ2v) is 5.08. The number of nitrogens with one attached hydrogen (secondary N) is 1. The fraction of sp³-hybridized carbons (Fsp3) is 0.533. The third-order valence-electron chi connectivity index (χ3n) is 3.94. The van der Waals surface area contributed by atoms with E-state index in [-0.39, 0.29) is 11.6 Å². The van der Waals surface area contributed by atoms with Crippen molar-refractivity contribution in [1.29, 1.82) is 5.26 Å². The molecule has 18 heavy (non-hydrogen) atoms. The Morgan fingerprint density at radius 1 is 1.50 bits per heavy atom. The van der Waals surface area contributed by atoms with E-state index in [2.05, 4.69) is 24.4 Å². The molecule has 0 heterocycles. The van der Waals surface area contributed by atoms with Crippen molar-refractivity contribution >= 4 is 0 Å². The number of hydrogen-bond donors (Lipinski definition) is 1. The Labute approximate surface area is 109 Å². The highest BCUT2D eigenvalue weighted by atomic mass is 16.5. The van der Waals surface area contributed by atoms with Gasteiger partial charge < -0.3 is 10.1 Å². The zero-order valence-electron chi connectivity index (χ0n) is 11.1. The summed E-state index contributed by atoms with van der Waals surface area (Å²) in [6, 6.07) is 10.2. The summed E-state index contributed by atoms with van der Waals surface area (Å²) in [7, 11) is 1.79. The second kappa shape index (κ2) is 5.51. The fourth-order valence-electron chi connectivity index (χ4n) is 2.36. The van der Waals surface area contributed by atoms with Crippen LogP contribution in [-0.4, -0.2) is 19.3 Å². The minimum Gasteiger partial charge on any atom is -0.377 e. The standard InChI is InChI=1S/C15H20N2O/c1-12(14-6-3-5-13(9-14)10-16)17-11-15(18-2)7-4-8-15/h3,5-6,9,12,17H,4,7-8,11H2,1-2H3. The van der Waals surface area contributed by atoms with E-state index in [4.69, 9.17) is 10.00 Å². The molecule has 1 unspecified atom stereocenters. The van der Waals surface area contributed by atoms with Crippen molar-refractivity contribution in [3.05, 3.63) is 35.4 Å². The van der Waals surface area contributed by atoms with Gasteiger partial charge in [0.05, 0.1) is 17.2 Å². The van der Waals surface area contributed by atoms with Crippen LogP contribution >= 0.6 is 0 Å². The van der Waals surface area contributed by atoms with Gasteiger partial charge in [0.1, 0.15) is 0 Å². The molecule has 96 valence electrons. The molecule has 1 N–H and O–H groups in total. The van der Waals surface area contributed by atoms with Gasteiger partial charge in [-0.2, -0.15) is 5.26 Å². The van der Waals surface area contributed by atoms with Crippen LogP contribution in [0.1, 0.15) is 43.4 Å². The molecule has 1 aromatic rings. The van der Waals surface area contributed by atoms with E-state index in [1.54, 1.807) is 7.11 Å². The highest BCUT2D eigenvalue weighted by molar-refractivity contribution is 5.34. The predicted molar refractivity (Wildman–Crippen MR) is 71.2 cm³/mol. The van der Waals surface area contributed by atoms with Crippen molar-refractivity contribution in [3.8, 4) is 6.07 Å². The summed E-state index contributed by atoms with van der Waals surface area (Å²) in [5.74, 6) is 0. The lowest BCUT2D eigenvalue weighted by Crippen LogP contribution is -2.48. The van der Waals surface area contributed by atoms with E-state index in [9.17, 15) is 0 Å². The van der Waals surface area contributed by atoms with Gasteiger partial charge in [0.15, 0.2) is 0 Å². The lowest BCUT2D eigenvalue weighted by atomic mass is 9.80. The number of hydrogen-bond acceptors (Lipinski definition) is 3. The molecule has 1 saturated carbocycles. The maximum absolute atomic E-state index is 8.90. The van der Waals surface area contributed by atoms with Gasteiger partial charge >= 0.3 is 0 Å². The van der Waals surface area contributed by atoms with Crippen LogP contribution < -0.4 is 5.32 Å². The Kier molecular flexibility index (Phi) is 4.00. The molecule has 1 aliphatic rings. The number of rotatable bonds is 5. The first kappa shape index (κ1) is 13.1. The highest BCUT2D eigenvalue weighted by Crippen LogP contribution is 2.34. The van der Waals surface area contributed by atoms with Crippen LogP contribution in [0.2, 0.25) is 0 Å². The molecular weight excluding hydrogens is 224 g/mol. The highest BCUT2D eigenvalue weighted by Gasteiger charge is 2.36. The van der Waals surface area contributed by atoms with Crippen molar-refractivity contribution in [2.75, 3.05) is 13.7 Å². The van der Waals surface area contributed by atoms with Crippen LogP contribution in [0.5, 0.6) is 0 Å². The van der Waals surface area contributed by atoms with E-state index in [1.807, 2.05) is 18.2 Å². The third-order valence-corrected chi connectivity index (χ3v) is 3.94. The second-order valence-electron chi connectivity index (χ2n) is 5.08. The summed E-state index contributed by atoms with van der Waals surface area (Å²) >= 11 is 0. The summed E-state index contributed by atoms with van der Waals surface area (Å²) in [5, 5.41) is 12.4. The molecule has 0 spiro atoms. The molecule has 0 radical (unpaired) electrons. The quantitative estimate of drug-likeness (QED) is 0.866. The molecule has 3 nitrogen and oxygen atoms in total. The van der Waals surface area contributed by atoms with E-state index in [1.165, 1.54) is 6.42 Å². The fourth-order valence-corrected chi connectivity index (χ4v) is 2.36. The molecule has 0 aliphatic heterocycles. The smallest absolute Gasteiger partial charge is 0.0991 e. The topological polar surface area (TPSA) is 45.0 Å². The van der Waals surface area contributed by atoms with Crippen molar-refractivity contribution in [2.45, 2.75) is 37.8 Å². The van der Waals surface area contributed by atoms with E-state index < -0.39 is 0 Å². The molecule has 0 saturated heterocycles. The van der Waals surface area contributed by atoms with Gasteiger partial charge in [0.2, 0.25) is 0 Å². The molecule has 0 amide bonds. The molecular formula is C15H20N2O. The first-order valence-electron chi connectivity index (χ1n) is 6.48. The van der Waals surface area contributed by atoms with Gasteiger partial charge in [0, 0.05) is 19.7 Å². The molecule has 1 fully saturated rings. The summed E-state index contributed by atoms with van der Waals surface area (Å²) in [4.78, 5) is 0. The monoisotopic (exact) mass is 244 g/mol. The Morgan fingerprint density at radius 3 is 2.83 bits per heavy atom. The Balaban J connectivity index is 1.95. The van der Waals surface area contributed by atoms with Gasteiger partial charge in [-0.15, -0.1) is 0 Å². The van der Waals surface area contributed by atoms with Crippen LogP contribution in [0.4, 0.5) is 0 Å². The van der Waals surface area contributed by atoms with Crippen LogP contribution in [0.15, 0.2) is 24.3 Å². The normalized spacial score (nSPS) is 18.7.